The minimum Gasteiger partial charge on any atom is -0.462 e. The van der Waals surface area contributed by atoms with E-state index in [4.69, 9.17) is 9.47 Å². The van der Waals surface area contributed by atoms with Gasteiger partial charge in [0.2, 0.25) is 0 Å². The topological polar surface area (TPSA) is 72.9 Å². The normalized spacial score (nSPS) is 12.4. The number of hydrogen-bond acceptors (Lipinski definition) is 6. The number of carbonyl (C=O) groups excluding carboxylic acids is 3. The van der Waals surface area contributed by atoms with Crippen molar-refractivity contribution < 1.29 is 23.9 Å². The maximum absolute atomic E-state index is 12.5. The van der Waals surface area contributed by atoms with Gasteiger partial charge >= 0.3 is 11.9 Å². The highest BCUT2D eigenvalue weighted by Crippen LogP contribution is 2.18. The van der Waals surface area contributed by atoms with Gasteiger partial charge in [-0.1, -0.05) is 128 Å². The van der Waals surface area contributed by atoms with E-state index in [9.17, 15) is 14.4 Å². The summed E-state index contributed by atoms with van der Waals surface area (Å²) in [6, 6.07) is 0. The fraction of sp³-hybridized carbons (Fsp3) is 0.833. The first-order valence-corrected chi connectivity index (χ1v) is 20.2. The Hall–Kier alpha value is -1.95. The molecule has 0 aromatic rings. The monoisotopic (exact) mass is 676 g/mol. The molecule has 0 aromatic carbocycles. The summed E-state index contributed by atoms with van der Waals surface area (Å²) in [5, 5.41) is 0. The summed E-state index contributed by atoms with van der Waals surface area (Å²) in [7, 11) is 4.07. The number of esters is 2. The first-order chi connectivity index (χ1) is 23.4. The summed E-state index contributed by atoms with van der Waals surface area (Å²) in [5.41, 5.74) is 0. The molecule has 48 heavy (non-hydrogen) atoms. The number of ether oxygens (including phenoxy) is 2. The predicted octanol–water partition coefficient (Wildman–Crippen LogP) is 11.6. The minimum absolute atomic E-state index is 0.0388. The smallest absolute Gasteiger partial charge is 0.306 e. The van der Waals surface area contributed by atoms with E-state index < -0.39 is 0 Å². The molecule has 0 saturated carbocycles. The van der Waals surface area contributed by atoms with Crippen LogP contribution in [0.4, 0.5) is 0 Å². The summed E-state index contributed by atoms with van der Waals surface area (Å²) >= 11 is 0. The summed E-state index contributed by atoms with van der Waals surface area (Å²) < 4.78 is 11.2. The number of allylic oxidation sites excluding steroid dienone is 3. The van der Waals surface area contributed by atoms with E-state index in [1.54, 1.807) is 0 Å². The van der Waals surface area contributed by atoms with Crippen LogP contribution in [0, 0.1) is 0 Å². The van der Waals surface area contributed by atoms with Crippen molar-refractivity contribution in [1.82, 2.24) is 4.90 Å². The lowest BCUT2D eigenvalue weighted by molar-refractivity contribution is -0.150. The molecule has 1 atom stereocenters. The van der Waals surface area contributed by atoms with Crippen molar-refractivity contribution in [1.29, 1.82) is 0 Å². The third-order valence-corrected chi connectivity index (χ3v) is 8.89. The van der Waals surface area contributed by atoms with Gasteiger partial charge in [0.05, 0.1) is 0 Å². The molecule has 0 fully saturated rings. The van der Waals surface area contributed by atoms with Gasteiger partial charge in [-0.05, 0) is 84.8 Å². The van der Waals surface area contributed by atoms with Crippen molar-refractivity contribution in [2.75, 3.05) is 27.2 Å². The molecule has 0 saturated heterocycles. The second kappa shape index (κ2) is 36.3. The standard InChI is InChI=1S/C42H77NO5/c1-5-7-9-11-18-24-31-39(44)32-25-19-14-12-15-20-26-33-40(48-42(46)36-30-37-43(3)4)34-27-21-16-13-17-22-28-35-41(45)47-38-29-23-10-8-6-2/h11,18,23,29,40H,5-10,12-17,19-22,24-28,30-38H2,1-4H3/b18-11-,29-23-. The first kappa shape index (κ1) is 46.0. The van der Waals surface area contributed by atoms with Gasteiger partial charge in [-0.15, -0.1) is 0 Å². The molecule has 0 aliphatic rings. The van der Waals surface area contributed by atoms with E-state index in [1.807, 2.05) is 20.2 Å². The van der Waals surface area contributed by atoms with Crippen LogP contribution in [0.1, 0.15) is 194 Å². The van der Waals surface area contributed by atoms with Crippen LogP contribution >= 0.6 is 0 Å². The molecule has 0 bridgehead atoms. The molecule has 0 radical (unpaired) electrons. The Bertz CT molecular complexity index is 754. The zero-order chi connectivity index (χ0) is 35.3. The second-order valence-electron chi connectivity index (χ2n) is 14.0. The highest BCUT2D eigenvalue weighted by molar-refractivity contribution is 5.78. The van der Waals surface area contributed by atoms with Gasteiger partial charge < -0.3 is 14.4 Å². The summed E-state index contributed by atoms with van der Waals surface area (Å²) in [4.78, 5) is 38.6. The number of Topliss-reactive ketones (excluding diaryl/α,β-unsaturated/α-hetero) is 1. The van der Waals surface area contributed by atoms with Crippen LogP contribution in [0.5, 0.6) is 0 Å². The SMILES string of the molecule is CCCC/C=C\CCC(=O)CCCCCCCCCC(CCCCCCCCCC(=O)OC/C=C\CCCC)OC(=O)CCCN(C)C. The summed E-state index contributed by atoms with van der Waals surface area (Å²) in [6.45, 7) is 5.68. The van der Waals surface area contributed by atoms with Gasteiger partial charge in [0.1, 0.15) is 18.5 Å². The molecule has 0 spiro atoms. The third kappa shape index (κ3) is 35.4. The number of hydrogen-bond donors (Lipinski definition) is 0. The van der Waals surface area contributed by atoms with E-state index in [0.29, 0.717) is 31.7 Å². The van der Waals surface area contributed by atoms with Crippen molar-refractivity contribution >= 4 is 17.7 Å². The molecule has 0 rings (SSSR count). The zero-order valence-corrected chi connectivity index (χ0v) is 32.1. The lowest BCUT2D eigenvalue weighted by atomic mass is 10.0. The number of nitrogens with zero attached hydrogens (tertiary/aromatic N) is 1. The lowest BCUT2D eigenvalue weighted by Gasteiger charge is -2.18. The fourth-order valence-corrected chi connectivity index (χ4v) is 5.80. The first-order valence-electron chi connectivity index (χ1n) is 20.2. The molecule has 0 aromatic heterocycles. The van der Waals surface area contributed by atoms with Crippen LogP contribution in [0.25, 0.3) is 0 Å². The molecule has 0 amide bonds. The molecule has 0 aliphatic heterocycles. The minimum atomic E-state index is -0.0855. The molecule has 6 nitrogen and oxygen atoms in total. The van der Waals surface area contributed by atoms with Crippen LogP contribution in [-0.2, 0) is 23.9 Å². The second-order valence-corrected chi connectivity index (χ2v) is 14.0. The molecule has 1 unspecified atom stereocenters. The molecule has 0 aliphatic carbocycles. The van der Waals surface area contributed by atoms with Crippen LogP contribution < -0.4 is 0 Å². The van der Waals surface area contributed by atoms with E-state index in [-0.39, 0.29) is 18.0 Å². The van der Waals surface area contributed by atoms with Crippen LogP contribution in [-0.4, -0.2) is 56.0 Å². The van der Waals surface area contributed by atoms with Crippen LogP contribution in [0.2, 0.25) is 0 Å². The van der Waals surface area contributed by atoms with Gasteiger partial charge in [0, 0.05) is 25.7 Å². The van der Waals surface area contributed by atoms with E-state index in [0.717, 1.165) is 96.4 Å². The maximum atomic E-state index is 12.5. The van der Waals surface area contributed by atoms with E-state index in [1.165, 1.54) is 70.6 Å². The van der Waals surface area contributed by atoms with Crippen molar-refractivity contribution in [3.63, 3.8) is 0 Å². The van der Waals surface area contributed by atoms with E-state index >= 15 is 0 Å². The van der Waals surface area contributed by atoms with Crippen LogP contribution in [0.3, 0.4) is 0 Å². The van der Waals surface area contributed by atoms with Gasteiger partial charge in [0.15, 0.2) is 0 Å². The Morgan fingerprint density at radius 1 is 0.521 bits per heavy atom. The Labute approximate surface area is 297 Å². The fourth-order valence-electron chi connectivity index (χ4n) is 5.80. The summed E-state index contributed by atoms with van der Waals surface area (Å²) in [6.07, 6.45) is 37.5. The van der Waals surface area contributed by atoms with Gasteiger partial charge in [-0.2, -0.15) is 0 Å². The molecule has 0 heterocycles. The maximum Gasteiger partial charge on any atom is 0.306 e. The Morgan fingerprint density at radius 3 is 1.56 bits per heavy atom. The number of ketones is 1. The van der Waals surface area contributed by atoms with Crippen molar-refractivity contribution in [2.24, 2.45) is 0 Å². The highest BCUT2D eigenvalue weighted by Gasteiger charge is 2.14. The Balaban J connectivity index is 4.05. The van der Waals surface area contributed by atoms with Gasteiger partial charge in [-0.25, -0.2) is 0 Å². The predicted molar refractivity (Wildman–Crippen MR) is 203 cm³/mol. The van der Waals surface area contributed by atoms with Crippen LogP contribution in [0.15, 0.2) is 24.3 Å². The van der Waals surface area contributed by atoms with Crippen molar-refractivity contribution in [3.05, 3.63) is 24.3 Å². The van der Waals surface area contributed by atoms with Crippen molar-refractivity contribution in [3.8, 4) is 0 Å². The third-order valence-electron chi connectivity index (χ3n) is 8.89. The number of carbonyl (C=O) groups is 3. The Morgan fingerprint density at radius 2 is 1.00 bits per heavy atom. The Kier molecular flexibility index (Phi) is 34.9. The van der Waals surface area contributed by atoms with Crippen molar-refractivity contribution in [2.45, 2.75) is 200 Å². The average Bonchev–Trinajstić information content (AvgIpc) is 3.05. The number of rotatable bonds is 36. The number of unbranched alkanes of at least 4 members (excludes halogenated alkanes) is 16. The zero-order valence-electron chi connectivity index (χ0n) is 32.1. The molecule has 0 N–H and O–H groups in total. The molecule has 280 valence electrons. The molecule has 6 heteroatoms. The summed E-state index contributed by atoms with van der Waals surface area (Å²) in [5.74, 6) is 0.279. The molecular weight excluding hydrogens is 598 g/mol. The quantitative estimate of drug-likeness (QED) is 0.0374. The van der Waals surface area contributed by atoms with E-state index in [2.05, 4.69) is 37.0 Å². The average molecular weight is 676 g/mol. The molecular formula is C42H77NO5. The highest BCUT2D eigenvalue weighted by atomic mass is 16.5. The largest absolute Gasteiger partial charge is 0.462 e. The van der Waals surface area contributed by atoms with Gasteiger partial charge in [0.25, 0.3) is 0 Å². The lowest BCUT2D eigenvalue weighted by Crippen LogP contribution is -2.20. The van der Waals surface area contributed by atoms with Gasteiger partial charge in [-0.3, -0.25) is 14.4 Å².